The van der Waals surface area contributed by atoms with Gasteiger partial charge >= 0.3 is 0 Å². The van der Waals surface area contributed by atoms with Crippen molar-refractivity contribution in [3.8, 4) is 77.9 Å². The molecule has 0 amide bonds. The van der Waals surface area contributed by atoms with Gasteiger partial charge in [-0.25, -0.2) is 0 Å². The minimum atomic E-state index is 0.0707. The Bertz CT molecular complexity index is 4070. The molecule has 0 heterocycles. The van der Waals surface area contributed by atoms with Crippen LogP contribution in [-0.4, -0.2) is 0 Å². The van der Waals surface area contributed by atoms with Gasteiger partial charge in [0, 0.05) is 40.0 Å². The molecule has 1 aliphatic carbocycles. The summed E-state index contributed by atoms with van der Waals surface area (Å²) in [4.78, 5) is 4.74. The van der Waals surface area contributed by atoms with Crippen LogP contribution in [0.25, 0.3) is 77.9 Å². The van der Waals surface area contributed by atoms with Gasteiger partial charge < -0.3 is 9.80 Å². The summed E-state index contributed by atoms with van der Waals surface area (Å²) in [5, 5.41) is 0. The molecule has 0 saturated carbocycles. The van der Waals surface area contributed by atoms with Gasteiger partial charge in [-0.15, -0.1) is 0 Å². The van der Waals surface area contributed by atoms with E-state index in [9.17, 15) is 0 Å². The van der Waals surface area contributed by atoms with E-state index >= 15 is 0 Å². The molecule has 1 atom stereocenters. The Kier molecular flexibility index (Phi) is 13.1. The Labute approximate surface area is 475 Å². The molecule has 382 valence electrons. The molecule has 2 nitrogen and oxygen atoms in total. The fourth-order valence-electron chi connectivity index (χ4n) is 12.0. The molecule has 0 radical (unpaired) electrons. The van der Waals surface area contributed by atoms with Crippen LogP contribution in [0.4, 0.5) is 34.1 Å². The third kappa shape index (κ3) is 9.71. The van der Waals surface area contributed by atoms with Gasteiger partial charge in [-0.05, 0) is 180 Å². The average Bonchev–Trinajstić information content (AvgIpc) is 4.01. The highest BCUT2D eigenvalue weighted by Crippen LogP contribution is 2.53. The van der Waals surface area contributed by atoms with Gasteiger partial charge in [0.25, 0.3) is 0 Å². The third-order valence-electron chi connectivity index (χ3n) is 16.0. The van der Waals surface area contributed by atoms with E-state index in [1.165, 1.54) is 89.0 Å². The molecule has 0 spiro atoms. The Morgan fingerprint density at radius 1 is 0.185 bits per heavy atom. The number of rotatable bonds is 13. The first-order chi connectivity index (χ1) is 40.2. The van der Waals surface area contributed by atoms with Crippen molar-refractivity contribution in [3.63, 3.8) is 0 Å². The van der Waals surface area contributed by atoms with E-state index in [1.807, 2.05) is 0 Å². The molecular weight excluding hydrogens is 977 g/mol. The maximum absolute atomic E-state index is 2.44. The second kappa shape index (κ2) is 21.7. The second-order valence-electron chi connectivity index (χ2n) is 20.8. The minimum Gasteiger partial charge on any atom is -0.311 e. The lowest BCUT2D eigenvalue weighted by molar-refractivity contribution is 1.02. The summed E-state index contributed by atoms with van der Waals surface area (Å²) in [7, 11) is 0. The summed E-state index contributed by atoms with van der Waals surface area (Å²) < 4.78 is 0. The van der Waals surface area contributed by atoms with Crippen LogP contribution in [0.3, 0.4) is 0 Å². The largest absolute Gasteiger partial charge is 0.311 e. The number of nitrogens with zero attached hydrogens (tertiary/aromatic N) is 2. The topological polar surface area (TPSA) is 6.48 Å². The third-order valence-corrected chi connectivity index (χ3v) is 16.0. The quantitative estimate of drug-likeness (QED) is 0.114. The molecule has 81 heavy (non-hydrogen) atoms. The fraction of sp³-hybridized carbons (Fsp3) is 0.0127. The highest BCUT2D eigenvalue weighted by atomic mass is 15.1. The normalized spacial score (nSPS) is 12.3. The predicted octanol–water partition coefficient (Wildman–Crippen LogP) is 21.8. The molecule has 13 aromatic rings. The van der Waals surface area contributed by atoms with Crippen molar-refractivity contribution < 1.29 is 0 Å². The van der Waals surface area contributed by atoms with Crippen LogP contribution >= 0.6 is 0 Å². The molecule has 0 N–H and O–H groups in total. The lowest BCUT2D eigenvalue weighted by Crippen LogP contribution is -2.10. The smallest absolute Gasteiger partial charge is 0.0462 e. The van der Waals surface area contributed by atoms with Crippen molar-refractivity contribution in [3.05, 3.63) is 350 Å². The molecule has 2 heteroatoms. The molecule has 0 bridgehead atoms. The summed E-state index contributed by atoms with van der Waals surface area (Å²) >= 11 is 0. The zero-order chi connectivity index (χ0) is 53.9. The molecule has 0 saturated heterocycles. The van der Waals surface area contributed by atoms with E-state index in [2.05, 4.69) is 343 Å². The Hall–Kier alpha value is -10.5. The molecule has 0 fully saturated rings. The molecule has 1 aliphatic rings. The van der Waals surface area contributed by atoms with Gasteiger partial charge in [-0.2, -0.15) is 0 Å². The van der Waals surface area contributed by atoms with Crippen molar-refractivity contribution in [2.45, 2.75) is 5.92 Å². The van der Waals surface area contributed by atoms with Crippen LogP contribution in [0.15, 0.2) is 334 Å². The number of benzene rings is 13. The molecule has 14 rings (SSSR count). The van der Waals surface area contributed by atoms with Crippen molar-refractivity contribution >= 4 is 34.1 Å². The van der Waals surface area contributed by atoms with E-state index in [4.69, 9.17) is 0 Å². The first kappa shape index (κ1) is 48.8. The van der Waals surface area contributed by atoms with Crippen LogP contribution in [0, 0.1) is 0 Å². The van der Waals surface area contributed by atoms with Gasteiger partial charge in [0.1, 0.15) is 0 Å². The first-order valence-corrected chi connectivity index (χ1v) is 27.9. The minimum absolute atomic E-state index is 0.0707. The van der Waals surface area contributed by atoms with Crippen LogP contribution in [0.1, 0.15) is 22.6 Å². The van der Waals surface area contributed by atoms with E-state index < -0.39 is 0 Å². The van der Waals surface area contributed by atoms with Gasteiger partial charge in [0.15, 0.2) is 0 Å². The second-order valence-corrected chi connectivity index (χ2v) is 20.8. The SMILES string of the molecule is c1ccc(-c2ccc(N(c3ccc(-c4ccccc4)cc3)c3ccc(-c4cc(-c5ccc(N(c6ccc(-c7ccccc7)cc6)c6ccc(-c7ccccc7)cc6)cc5)c5c(c4)-c4ccccc4C5c4ccccc4)cc3)cc2)cc1. The van der Waals surface area contributed by atoms with E-state index in [-0.39, 0.29) is 5.92 Å². The summed E-state index contributed by atoms with van der Waals surface area (Å²) in [6.45, 7) is 0. The lowest BCUT2D eigenvalue weighted by Gasteiger charge is -2.27. The molecule has 0 aromatic heterocycles. The van der Waals surface area contributed by atoms with E-state index in [1.54, 1.807) is 0 Å². The number of anilines is 6. The number of fused-ring (bicyclic) bond motifs is 3. The summed E-state index contributed by atoms with van der Waals surface area (Å²) in [5.41, 5.74) is 27.3. The van der Waals surface area contributed by atoms with Gasteiger partial charge in [-0.1, -0.05) is 249 Å². The Balaban J connectivity index is 0.869. The fourth-order valence-corrected chi connectivity index (χ4v) is 12.0. The van der Waals surface area contributed by atoms with Crippen LogP contribution in [0.5, 0.6) is 0 Å². The summed E-state index contributed by atoms with van der Waals surface area (Å²) in [5.74, 6) is 0.0707. The van der Waals surface area contributed by atoms with Crippen molar-refractivity contribution in [2.24, 2.45) is 0 Å². The molecule has 0 aliphatic heterocycles. The van der Waals surface area contributed by atoms with E-state index in [0.29, 0.717) is 0 Å². The van der Waals surface area contributed by atoms with Crippen LogP contribution < -0.4 is 9.80 Å². The van der Waals surface area contributed by atoms with Gasteiger partial charge in [-0.3, -0.25) is 0 Å². The molecule has 1 unspecified atom stereocenters. The monoisotopic (exact) mass is 1030 g/mol. The summed E-state index contributed by atoms with van der Waals surface area (Å²) in [6.07, 6.45) is 0. The zero-order valence-corrected chi connectivity index (χ0v) is 44.7. The van der Waals surface area contributed by atoms with Crippen molar-refractivity contribution in [1.82, 2.24) is 0 Å². The Morgan fingerprint density at radius 2 is 0.444 bits per heavy atom. The van der Waals surface area contributed by atoms with E-state index in [0.717, 1.165) is 39.7 Å². The highest BCUT2D eigenvalue weighted by molar-refractivity contribution is 5.93. The van der Waals surface area contributed by atoms with Crippen molar-refractivity contribution in [1.29, 1.82) is 0 Å². The maximum atomic E-state index is 2.44. The standard InChI is InChI=1S/C79H56N2/c1-6-18-56(19-7-1)60-30-42-68(43-31-60)80(69-44-32-61(33-45-69)57-20-8-2-9-21-57)72-50-38-64(39-51-72)67-54-76(79-77(55-67)74-28-16-17-29-75(74)78(79)66-26-14-5-15-27-66)65-40-52-73(53-41-65)81(70-46-34-62(35-47-70)58-22-10-3-11-23-58)71-48-36-63(37-49-71)59-24-12-4-13-25-59/h1-55,78H. The van der Waals surface area contributed by atoms with Crippen LogP contribution in [0.2, 0.25) is 0 Å². The lowest BCUT2D eigenvalue weighted by atomic mass is 9.83. The highest BCUT2D eigenvalue weighted by Gasteiger charge is 2.33. The Morgan fingerprint density at radius 3 is 0.790 bits per heavy atom. The zero-order valence-electron chi connectivity index (χ0n) is 44.7. The van der Waals surface area contributed by atoms with Gasteiger partial charge in [0.05, 0.1) is 0 Å². The summed E-state index contributed by atoms with van der Waals surface area (Å²) in [6, 6.07) is 122. The average molecular weight is 1030 g/mol. The first-order valence-electron chi connectivity index (χ1n) is 27.9. The van der Waals surface area contributed by atoms with Gasteiger partial charge in [0.2, 0.25) is 0 Å². The van der Waals surface area contributed by atoms with Crippen molar-refractivity contribution in [2.75, 3.05) is 9.80 Å². The molecule has 13 aromatic carbocycles. The van der Waals surface area contributed by atoms with Crippen LogP contribution in [-0.2, 0) is 0 Å². The number of hydrogen-bond donors (Lipinski definition) is 0. The maximum Gasteiger partial charge on any atom is 0.0462 e. The molecular formula is C79H56N2. The number of hydrogen-bond acceptors (Lipinski definition) is 2. The predicted molar refractivity (Wildman–Crippen MR) is 341 cm³/mol.